The lowest BCUT2D eigenvalue weighted by molar-refractivity contribution is -0.294. The summed E-state index contributed by atoms with van der Waals surface area (Å²) in [4.78, 5) is 0. The van der Waals surface area contributed by atoms with Crippen molar-refractivity contribution in [2.24, 2.45) is 52.3 Å². The summed E-state index contributed by atoms with van der Waals surface area (Å²) in [7, 11) is 0. The van der Waals surface area contributed by atoms with E-state index in [4.69, 9.17) is 0 Å². The Labute approximate surface area is 196 Å². The van der Waals surface area contributed by atoms with Crippen LogP contribution in [0.2, 0.25) is 0 Å². The Bertz CT molecular complexity index is 680. The van der Waals surface area contributed by atoms with Crippen LogP contribution < -0.4 is 0 Å². The van der Waals surface area contributed by atoms with Crippen LogP contribution in [0.4, 0.5) is 0 Å². The summed E-state index contributed by atoms with van der Waals surface area (Å²) in [6, 6.07) is 0. The van der Waals surface area contributed by atoms with Gasteiger partial charge >= 0.3 is 0 Å². The Kier molecular flexibility index (Phi) is 6.63. The van der Waals surface area contributed by atoms with Crippen molar-refractivity contribution in [3.8, 4) is 0 Å². The number of aliphatic hydroxyl groups excluding tert-OH is 3. The van der Waals surface area contributed by atoms with Crippen molar-refractivity contribution in [3.05, 3.63) is 0 Å². The summed E-state index contributed by atoms with van der Waals surface area (Å²) < 4.78 is 0. The molecule has 0 aromatic rings. The predicted octanol–water partition coefficient (Wildman–Crippen LogP) is 4.77. The fourth-order valence-electron chi connectivity index (χ4n) is 9.37. The standard InChI is InChI=1S/C28H50O4/c1-16(2)17(3)7-8-18(4)21-9-10-22-20-14-25(31)28(32)15-19(29)13-24(30)27(28,6)23(20)11-12-26(21,22)5/h16-25,29-32H,7-15H2,1-6H3/t17-,18+,19-,20-,21+,22-,23-,24+,25+,26+,27-,28-/m0/s1. The summed E-state index contributed by atoms with van der Waals surface area (Å²) in [6.07, 6.45) is 6.00. The molecule has 0 aliphatic heterocycles. The first-order valence-corrected chi connectivity index (χ1v) is 13.6. The monoisotopic (exact) mass is 450 g/mol. The van der Waals surface area contributed by atoms with E-state index in [2.05, 4.69) is 34.6 Å². The van der Waals surface area contributed by atoms with Crippen molar-refractivity contribution in [2.75, 3.05) is 0 Å². The molecule has 4 aliphatic rings. The second-order valence-corrected chi connectivity index (χ2v) is 13.4. The molecule has 0 aromatic carbocycles. The van der Waals surface area contributed by atoms with Gasteiger partial charge in [0.2, 0.25) is 0 Å². The molecule has 0 amide bonds. The van der Waals surface area contributed by atoms with Crippen molar-refractivity contribution in [2.45, 2.75) is 123 Å². The van der Waals surface area contributed by atoms with Crippen LogP contribution in [0.1, 0.15) is 99.3 Å². The van der Waals surface area contributed by atoms with Crippen molar-refractivity contribution in [1.29, 1.82) is 0 Å². The molecule has 186 valence electrons. The molecule has 4 aliphatic carbocycles. The minimum absolute atomic E-state index is 0.181. The second kappa shape index (κ2) is 8.50. The van der Waals surface area contributed by atoms with Crippen molar-refractivity contribution in [1.82, 2.24) is 0 Å². The van der Waals surface area contributed by atoms with Gasteiger partial charge in [0.05, 0.1) is 18.3 Å². The Morgan fingerprint density at radius 2 is 1.53 bits per heavy atom. The number of fused-ring (bicyclic) bond motifs is 5. The summed E-state index contributed by atoms with van der Waals surface area (Å²) >= 11 is 0. The quantitative estimate of drug-likeness (QED) is 0.486. The predicted molar refractivity (Wildman–Crippen MR) is 128 cm³/mol. The van der Waals surface area contributed by atoms with Crippen molar-refractivity contribution < 1.29 is 20.4 Å². The van der Waals surface area contributed by atoms with Gasteiger partial charge in [-0.15, -0.1) is 0 Å². The third kappa shape index (κ3) is 3.53. The van der Waals surface area contributed by atoms with Crippen LogP contribution in [0.15, 0.2) is 0 Å². The van der Waals surface area contributed by atoms with Crippen LogP contribution >= 0.6 is 0 Å². The average Bonchev–Trinajstić information content (AvgIpc) is 3.06. The Morgan fingerprint density at radius 1 is 0.844 bits per heavy atom. The smallest absolute Gasteiger partial charge is 0.101 e. The molecule has 4 N–H and O–H groups in total. The Hall–Kier alpha value is -0.160. The molecule has 12 atom stereocenters. The minimum atomic E-state index is -1.39. The fraction of sp³-hybridized carbons (Fsp3) is 1.00. The second-order valence-electron chi connectivity index (χ2n) is 13.4. The fourth-order valence-corrected chi connectivity index (χ4v) is 9.37. The Morgan fingerprint density at radius 3 is 2.19 bits per heavy atom. The van der Waals surface area contributed by atoms with E-state index in [0.29, 0.717) is 30.1 Å². The lowest BCUT2D eigenvalue weighted by Gasteiger charge is -2.66. The van der Waals surface area contributed by atoms with Crippen molar-refractivity contribution in [3.63, 3.8) is 0 Å². The maximum absolute atomic E-state index is 11.6. The normalized spacial score (nSPS) is 52.8. The highest BCUT2D eigenvalue weighted by molar-refractivity contribution is 5.19. The molecule has 4 nitrogen and oxygen atoms in total. The number of hydrogen-bond acceptors (Lipinski definition) is 4. The van der Waals surface area contributed by atoms with Gasteiger partial charge in [-0.3, -0.25) is 0 Å². The lowest BCUT2D eigenvalue weighted by atomic mass is 9.41. The van der Waals surface area contributed by atoms with Crippen LogP contribution in [0.3, 0.4) is 0 Å². The summed E-state index contributed by atoms with van der Waals surface area (Å²) in [6.45, 7) is 14.1. The molecule has 4 fully saturated rings. The van der Waals surface area contributed by atoms with Crippen LogP contribution in [-0.4, -0.2) is 44.3 Å². The molecule has 0 unspecified atom stereocenters. The van der Waals surface area contributed by atoms with Gasteiger partial charge in [0.15, 0.2) is 0 Å². The molecule has 0 saturated heterocycles. The van der Waals surface area contributed by atoms with E-state index >= 15 is 0 Å². The van der Waals surface area contributed by atoms with Crippen LogP contribution in [0.25, 0.3) is 0 Å². The molecule has 0 heterocycles. The van der Waals surface area contributed by atoms with E-state index in [9.17, 15) is 20.4 Å². The van der Waals surface area contributed by atoms with Gasteiger partial charge in [0.25, 0.3) is 0 Å². The summed E-state index contributed by atoms with van der Waals surface area (Å²) in [5, 5.41) is 44.3. The van der Waals surface area contributed by atoms with Crippen LogP contribution in [0.5, 0.6) is 0 Å². The third-order valence-electron chi connectivity index (χ3n) is 11.9. The first-order chi connectivity index (χ1) is 14.9. The topological polar surface area (TPSA) is 80.9 Å². The minimum Gasteiger partial charge on any atom is -0.393 e. The molecule has 4 heteroatoms. The molecule has 4 rings (SSSR count). The Balaban J connectivity index is 1.55. The highest BCUT2D eigenvalue weighted by Crippen LogP contribution is 2.69. The zero-order valence-corrected chi connectivity index (χ0v) is 21.4. The van der Waals surface area contributed by atoms with Gasteiger partial charge in [-0.2, -0.15) is 0 Å². The van der Waals surface area contributed by atoms with E-state index < -0.39 is 29.3 Å². The van der Waals surface area contributed by atoms with Gasteiger partial charge in [-0.1, -0.05) is 54.4 Å². The lowest BCUT2D eigenvalue weighted by Crippen LogP contribution is -2.72. The molecule has 0 spiro atoms. The average molecular weight is 451 g/mol. The van der Waals surface area contributed by atoms with Gasteiger partial charge in [-0.05, 0) is 85.4 Å². The van der Waals surface area contributed by atoms with Crippen LogP contribution in [-0.2, 0) is 0 Å². The zero-order valence-electron chi connectivity index (χ0n) is 21.4. The van der Waals surface area contributed by atoms with E-state index in [0.717, 1.165) is 36.5 Å². The molecule has 0 bridgehead atoms. The first kappa shape index (κ1) is 24.9. The molecular formula is C28H50O4. The largest absolute Gasteiger partial charge is 0.393 e. The van der Waals surface area contributed by atoms with E-state index in [1.807, 2.05) is 6.92 Å². The molecule has 0 aromatic heterocycles. The summed E-state index contributed by atoms with van der Waals surface area (Å²) in [5.41, 5.74) is -1.84. The van der Waals surface area contributed by atoms with Gasteiger partial charge in [0, 0.05) is 11.8 Å². The number of hydrogen-bond donors (Lipinski definition) is 4. The highest BCUT2D eigenvalue weighted by Gasteiger charge is 2.70. The van der Waals surface area contributed by atoms with E-state index in [1.165, 1.54) is 25.7 Å². The maximum atomic E-state index is 11.6. The van der Waals surface area contributed by atoms with Gasteiger partial charge in [-0.25, -0.2) is 0 Å². The van der Waals surface area contributed by atoms with E-state index in [1.54, 1.807) is 0 Å². The number of aliphatic hydroxyl groups is 4. The van der Waals surface area contributed by atoms with E-state index in [-0.39, 0.29) is 12.3 Å². The maximum Gasteiger partial charge on any atom is 0.101 e. The molecule has 32 heavy (non-hydrogen) atoms. The first-order valence-electron chi connectivity index (χ1n) is 13.6. The highest BCUT2D eigenvalue weighted by atomic mass is 16.4. The van der Waals surface area contributed by atoms with Gasteiger partial charge < -0.3 is 20.4 Å². The molecular weight excluding hydrogens is 400 g/mol. The molecule has 0 radical (unpaired) electrons. The molecule has 4 saturated carbocycles. The number of rotatable bonds is 5. The van der Waals surface area contributed by atoms with Crippen LogP contribution in [0, 0.1) is 52.3 Å². The third-order valence-corrected chi connectivity index (χ3v) is 11.9. The van der Waals surface area contributed by atoms with Gasteiger partial charge in [0.1, 0.15) is 5.60 Å². The van der Waals surface area contributed by atoms with Crippen molar-refractivity contribution >= 4 is 0 Å². The SMILES string of the molecule is CC(C)[C@@H](C)CC[C@@H](C)[C@H]1CC[C@H]2[C@@H]3C[C@@H](O)[C@@]4(O)C[C@@H](O)C[C@@H](O)[C@]4(C)[C@H]3CC[C@]12C. The summed E-state index contributed by atoms with van der Waals surface area (Å²) in [5.74, 6) is 4.10. The zero-order chi connectivity index (χ0) is 23.6.